The predicted octanol–water partition coefficient (Wildman–Crippen LogP) is 2.81. The van der Waals surface area contributed by atoms with Crippen LogP contribution in [0.5, 0.6) is 5.75 Å². The molecule has 2 rings (SSSR count). The van der Waals surface area contributed by atoms with Gasteiger partial charge in [-0.15, -0.1) is 0 Å². The van der Waals surface area contributed by atoms with Crippen molar-refractivity contribution >= 4 is 17.5 Å². The number of carbonyl (C=O) groups excluding carboxylic acids is 2. The first kappa shape index (κ1) is 16.3. The summed E-state index contributed by atoms with van der Waals surface area (Å²) in [7, 11) is 0. The lowest BCUT2D eigenvalue weighted by atomic mass is 10.00. The largest absolute Gasteiger partial charge is 0.484 e. The van der Waals surface area contributed by atoms with Crippen molar-refractivity contribution in [3.05, 3.63) is 24.3 Å². The van der Waals surface area contributed by atoms with E-state index in [1.54, 1.807) is 24.3 Å². The molecule has 0 saturated carbocycles. The number of nitrogens with one attached hydrogen (secondary N) is 1. The molecule has 1 aromatic rings. The first-order chi connectivity index (χ1) is 10.6. The van der Waals surface area contributed by atoms with Gasteiger partial charge in [-0.3, -0.25) is 9.59 Å². The topological polar surface area (TPSA) is 58.6 Å². The molecule has 0 aromatic heterocycles. The first-order valence-electron chi connectivity index (χ1n) is 7.90. The standard InChI is InChI=1S/C17H24N2O3/c1-3-15-6-4-5-11-19(15)17(21)12-22-16-9-7-14(8-10-16)18-13(2)20/h7-10,15H,3-6,11-12H2,1-2H3,(H,18,20)/t15-/m1/s1. The van der Waals surface area contributed by atoms with Crippen LogP contribution >= 0.6 is 0 Å². The van der Waals surface area contributed by atoms with Gasteiger partial charge in [0.05, 0.1) is 0 Å². The summed E-state index contributed by atoms with van der Waals surface area (Å²) in [5.74, 6) is 0.574. The predicted molar refractivity (Wildman–Crippen MR) is 85.9 cm³/mol. The van der Waals surface area contributed by atoms with Crippen LogP contribution < -0.4 is 10.1 Å². The maximum Gasteiger partial charge on any atom is 0.260 e. The molecular weight excluding hydrogens is 280 g/mol. The molecule has 2 amide bonds. The van der Waals surface area contributed by atoms with Crippen molar-refractivity contribution in [2.24, 2.45) is 0 Å². The third-order valence-electron chi connectivity index (χ3n) is 3.96. The number of anilines is 1. The monoisotopic (exact) mass is 304 g/mol. The van der Waals surface area contributed by atoms with Gasteiger partial charge < -0.3 is 15.0 Å². The van der Waals surface area contributed by atoms with Crippen LogP contribution in [0.25, 0.3) is 0 Å². The maximum atomic E-state index is 12.3. The molecule has 0 radical (unpaired) electrons. The summed E-state index contributed by atoms with van der Waals surface area (Å²) in [5, 5.41) is 2.69. The maximum absolute atomic E-state index is 12.3. The zero-order valence-electron chi connectivity index (χ0n) is 13.3. The van der Waals surface area contributed by atoms with Crippen molar-refractivity contribution in [2.45, 2.75) is 45.6 Å². The molecule has 1 aliphatic rings. The second-order valence-electron chi connectivity index (χ2n) is 5.64. The molecule has 0 unspecified atom stereocenters. The van der Waals surface area contributed by atoms with E-state index in [1.165, 1.54) is 13.3 Å². The lowest BCUT2D eigenvalue weighted by molar-refractivity contribution is -0.137. The van der Waals surface area contributed by atoms with E-state index in [1.807, 2.05) is 4.90 Å². The number of hydrogen-bond donors (Lipinski definition) is 1. The zero-order chi connectivity index (χ0) is 15.9. The average molecular weight is 304 g/mol. The normalized spacial score (nSPS) is 17.9. The number of likely N-dealkylation sites (tertiary alicyclic amines) is 1. The molecule has 0 aliphatic carbocycles. The smallest absolute Gasteiger partial charge is 0.260 e. The van der Waals surface area contributed by atoms with Gasteiger partial charge in [-0.2, -0.15) is 0 Å². The van der Waals surface area contributed by atoms with Crippen LogP contribution in [0.15, 0.2) is 24.3 Å². The average Bonchev–Trinajstić information content (AvgIpc) is 2.53. The molecule has 1 fully saturated rings. The Morgan fingerprint density at radius 3 is 2.64 bits per heavy atom. The Kier molecular flexibility index (Phi) is 5.81. The van der Waals surface area contributed by atoms with Crippen molar-refractivity contribution in [1.82, 2.24) is 4.90 Å². The van der Waals surface area contributed by atoms with E-state index >= 15 is 0 Å². The number of nitrogens with zero attached hydrogens (tertiary/aromatic N) is 1. The number of rotatable bonds is 5. The van der Waals surface area contributed by atoms with E-state index in [0.717, 1.165) is 25.8 Å². The van der Waals surface area contributed by atoms with Crippen LogP contribution in [0, 0.1) is 0 Å². The van der Waals surface area contributed by atoms with Crippen molar-refractivity contribution in [1.29, 1.82) is 0 Å². The number of carbonyl (C=O) groups is 2. The summed E-state index contributed by atoms with van der Waals surface area (Å²) in [6.45, 7) is 4.49. The van der Waals surface area contributed by atoms with Gasteiger partial charge in [0, 0.05) is 25.2 Å². The third kappa shape index (κ3) is 4.48. The molecule has 0 bridgehead atoms. The Balaban J connectivity index is 1.86. The summed E-state index contributed by atoms with van der Waals surface area (Å²) in [6.07, 6.45) is 4.37. The Hall–Kier alpha value is -2.04. The number of ether oxygens (including phenoxy) is 1. The summed E-state index contributed by atoms with van der Waals surface area (Å²) in [4.78, 5) is 25.2. The molecule has 0 spiro atoms. The first-order valence-corrected chi connectivity index (χ1v) is 7.90. The van der Waals surface area contributed by atoms with E-state index in [0.29, 0.717) is 17.5 Å². The van der Waals surface area contributed by atoms with E-state index < -0.39 is 0 Å². The molecule has 1 saturated heterocycles. The van der Waals surface area contributed by atoms with Gasteiger partial charge in [-0.25, -0.2) is 0 Å². The SMILES string of the molecule is CC[C@@H]1CCCCN1C(=O)COc1ccc(NC(C)=O)cc1. The molecule has 1 aromatic carbocycles. The summed E-state index contributed by atoms with van der Waals surface area (Å²) in [5.41, 5.74) is 0.716. The quantitative estimate of drug-likeness (QED) is 0.910. The summed E-state index contributed by atoms with van der Waals surface area (Å²) >= 11 is 0. The Morgan fingerprint density at radius 2 is 2.00 bits per heavy atom. The highest BCUT2D eigenvalue weighted by Gasteiger charge is 2.25. The van der Waals surface area contributed by atoms with Gasteiger partial charge in [0.2, 0.25) is 5.91 Å². The van der Waals surface area contributed by atoms with Gasteiger partial charge in [-0.05, 0) is 49.9 Å². The molecule has 5 heteroatoms. The molecule has 5 nitrogen and oxygen atoms in total. The zero-order valence-corrected chi connectivity index (χ0v) is 13.3. The molecule has 120 valence electrons. The van der Waals surface area contributed by atoms with E-state index in [9.17, 15) is 9.59 Å². The highest BCUT2D eigenvalue weighted by molar-refractivity contribution is 5.88. The van der Waals surface area contributed by atoms with Crippen molar-refractivity contribution in [3.63, 3.8) is 0 Å². The minimum atomic E-state index is -0.112. The Morgan fingerprint density at radius 1 is 1.27 bits per heavy atom. The third-order valence-corrected chi connectivity index (χ3v) is 3.96. The van der Waals surface area contributed by atoms with E-state index in [2.05, 4.69) is 12.2 Å². The Bertz CT molecular complexity index is 513. The number of benzene rings is 1. The highest BCUT2D eigenvalue weighted by atomic mass is 16.5. The molecule has 1 atom stereocenters. The molecule has 1 heterocycles. The van der Waals surface area contributed by atoms with Gasteiger partial charge in [0.25, 0.3) is 5.91 Å². The second kappa shape index (κ2) is 7.82. The van der Waals surface area contributed by atoms with Crippen LogP contribution in [0.4, 0.5) is 5.69 Å². The van der Waals surface area contributed by atoms with Gasteiger partial charge in [0.1, 0.15) is 5.75 Å². The van der Waals surface area contributed by atoms with Crippen molar-refractivity contribution in [3.8, 4) is 5.75 Å². The Labute approximate surface area is 131 Å². The lowest BCUT2D eigenvalue weighted by Crippen LogP contribution is -2.45. The van der Waals surface area contributed by atoms with Gasteiger partial charge in [0.15, 0.2) is 6.61 Å². The fraction of sp³-hybridized carbons (Fsp3) is 0.529. The minimum Gasteiger partial charge on any atom is -0.484 e. The highest BCUT2D eigenvalue weighted by Crippen LogP contribution is 2.20. The lowest BCUT2D eigenvalue weighted by Gasteiger charge is -2.35. The number of piperidine rings is 1. The molecule has 1 aliphatic heterocycles. The summed E-state index contributed by atoms with van der Waals surface area (Å²) in [6, 6.07) is 7.39. The molecular formula is C17H24N2O3. The van der Waals surface area contributed by atoms with Crippen LogP contribution in [0.3, 0.4) is 0 Å². The van der Waals surface area contributed by atoms with E-state index in [4.69, 9.17) is 4.74 Å². The van der Waals surface area contributed by atoms with Gasteiger partial charge >= 0.3 is 0 Å². The fourth-order valence-corrected chi connectivity index (χ4v) is 2.82. The van der Waals surface area contributed by atoms with Crippen molar-refractivity contribution < 1.29 is 14.3 Å². The molecule has 22 heavy (non-hydrogen) atoms. The second-order valence-corrected chi connectivity index (χ2v) is 5.64. The van der Waals surface area contributed by atoms with E-state index in [-0.39, 0.29) is 18.4 Å². The fourth-order valence-electron chi connectivity index (χ4n) is 2.82. The minimum absolute atomic E-state index is 0.0532. The van der Waals surface area contributed by atoms with Crippen molar-refractivity contribution in [2.75, 3.05) is 18.5 Å². The van der Waals surface area contributed by atoms with Crippen LogP contribution in [0.2, 0.25) is 0 Å². The van der Waals surface area contributed by atoms with Crippen LogP contribution in [-0.4, -0.2) is 35.9 Å². The van der Waals surface area contributed by atoms with Crippen LogP contribution in [-0.2, 0) is 9.59 Å². The summed E-state index contributed by atoms with van der Waals surface area (Å²) < 4.78 is 5.57. The molecule has 1 N–H and O–H groups in total. The van der Waals surface area contributed by atoms with Gasteiger partial charge in [-0.1, -0.05) is 6.92 Å². The van der Waals surface area contributed by atoms with Crippen LogP contribution in [0.1, 0.15) is 39.5 Å². The number of hydrogen-bond acceptors (Lipinski definition) is 3. The number of amides is 2.